The number of benzene rings is 3. The molecule has 3 heteroatoms. The average Bonchev–Trinajstić information content (AvgIpc) is 2.97. The first kappa shape index (κ1) is 14.5. The van der Waals surface area contributed by atoms with Crippen LogP contribution in [0.5, 0.6) is 0 Å². The Morgan fingerprint density at radius 3 is 2.28 bits per heavy atom. The number of hydrogen-bond donors (Lipinski definition) is 0. The van der Waals surface area contributed by atoms with Crippen LogP contribution >= 0.6 is 11.6 Å². The summed E-state index contributed by atoms with van der Waals surface area (Å²) >= 11 is 6.82. The molecule has 0 saturated carbocycles. The standard InChI is InChI=1S/C22H15ClN2/c23-21-16-10-4-6-12-18(16)24-22-20(21)17-11-5-7-13-19(17)25(22)14-15-8-2-1-3-9-15/h1-13H,14H2. The summed E-state index contributed by atoms with van der Waals surface area (Å²) in [5.41, 5.74) is 4.27. The molecule has 2 nitrogen and oxygen atoms in total. The Morgan fingerprint density at radius 1 is 0.760 bits per heavy atom. The highest BCUT2D eigenvalue weighted by molar-refractivity contribution is 6.42. The van der Waals surface area contributed by atoms with E-state index in [4.69, 9.17) is 16.6 Å². The highest BCUT2D eigenvalue weighted by atomic mass is 35.5. The van der Waals surface area contributed by atoms with E-state index in [-0.39, 0.29) is 0 Å². The van der Waals surface area contributed by atoms with Gasteiger partial charge in [-0.25, -0.2) is 4.98 Å². The van der Waals surface area contributed by atoms with Crippen LogP contribution in [-0.4, -0.2) is 9.55 Å². The summed E-state index contributed by atoms with van der Waals surface area (Å²) in [6.45, 7) is 0.770. The lowest BCUT2D eigenvalue weighted by molar-refractivity contribution is 0.858. The third-order valence-corrected chi connectivity index (χ3v) is 5.11. The predicted octanol–water partition coefficient (Wildman–Crippen LogP) is 6.04. The summed E-state index contributed by atoms with van der Waals surface area (Å²) in [5.74, 6) is 0. The number of nitrogens with zero attached hydrogens (tertiary/aromatic N) is 2. The first-order valence-corrected chi connectivity index (χ1v) is 8.70. The zero-order valence-electron chi connectivity index (χ0n) is 13.5. The van der Waals surface area contributed by atoms with E-state index in [1.54, 1.807) is 0 Å². The Morgan fingerprint density at radius 2 is 1.44 bits per heavy atom. The molecule has 5 aromatic rings. The maximum atomic E-state index is 6.82. The Hall–Kier alpha value is -2.84. The fraction of sp³-hybridized carbons (Fsp3) is 0.0455. The van der Waals surface area contributed by atoms with Gasteiger partial charge < -0.3 is 4.57 Å². The zero-order chi connectivity index (χ0) is 16.8. The molecule has 0 N–H and O–H groups in total. The molecule has 0 saturated heterocycles. The quantitative estimate of drug-likeness (QED) is 0.382. The number of pyridine rings is 1. The van der Waals surface area contributed by atoms with Crippen LogP contribution in [0.3, 0.4) is 0 Å². The van der Waals surface area contributed by atoms with Gasteiger partial charge in [0.05, 0.1) is 16.1 Å². The van der Waals surface area contributed by atoms with Gasteiger partial charge in [-0.2, -0.15) is 0 Å². The molecule has 3 aromatic carbocycles. The van der Waals surface area contributed by atoms with Gasteiger partial charge in [0.1, 0.15) is 5.65 Å². The summed E-state index contributed by atoms with van der Waals surface area (Å²) in [6, 6.07) is 26.9. The number of rotatable bonds is 2. The fourth-order valence-corrected chi connectivity index (χ4v) is 3.90. The monoisotopic (exact) mass is 342 g/mol. The van der Waals surface area contributed by atoms with Crippen molar-refractivity contribution >= 4 is 44.4 Å². The summed E-state index contributed by atoms with van der Waals surface area (Å²) in [7, 11) is 0. The Kier molecular flexibility index (Phi) is 3.25. The molecular weight excluding hydrogens is 328 g/mol. The summed E-state index contributed by atoms with van der Waals surface area (Å²) < 4.78 is 2.26. The lowest BCUT2D eigenvalue weighted by Crippen LogP contribution is -2.00. The van der Waals surface area contributed by atoms with Gasteiger partial charge in [0.2, 0.25) is 0 Å². The van der Waals surface area contributed by atoms with Crippen LogP contribution in [0.15, 0.2) is 78.9 Å². The van der Waals surface area contributed by atoms with Crippen molar-refractivity contribution in [3.63, 3.8) is 0 Å². The first-order chi connectivity index (χ1) is 12.3. The van der Waals surface area contributed by atoms with Gasteiger partial charge in [-0.05, 0) is 17.7 Å². The van der Waals surface area contributed by atoms with Crippen molar-refractivity contribution in [1.82, 2.24) is 9.55 Å². The van der Waals surface area contributed by atoms with E-state index in [2.05, 4.69) is 53.1 Å². The Labute approximate surface area is 150 Å². The van der Waals surface area contributed by atoms with Gasteiger partial charge in [0.25, 0.3) is 0 Å². The SMILES string of the molecule is Clc1c2ccccc2nc2c1c1ccccc1n2Cc1ccccc1. The molecule has 0 aliphatic carbocycles. The second kappa shape index (κ2) is 5.61. The molecule has 0 atom stereocenters. The van der Waals surface area contributed by atoms with E-state index in [0.717, 1.165) is 44.4 Å². The van der Waals surface area contributed by atoms with Crippen LogP contribution in [0.25, 0.3) is 32.8 Å². The molecule has 2 aromatic heterocycles. The maximum absolute atomic E-state index is 6.82. The van der Waals surface area contributed by atoms with Crippen LogP contribution in [-0.2, 0) is 6.54 Å². The van der Waals surface area contributed by atoms with Crippen LogP contribution in [0, 0.1) is 0 Å². The van der Waals surface area contributed by atoms with Gasteiger partial charge in [0.15, 0.2) is 0 Å². The molecule has 0 amide bonds. The maximum Gasteiger partial charge on any atom is 0.143 e. The molecular formula is C22H15ClN2. The minimum absolute atomic E-state index is 0.770. The molecule has 5 rings (SSSR count). The molecule has 0 aliphatic heterocycles. The van der Waals surface area contributed by atoms with E-state index in [1.807, 2.05) is 30.3 Å². The summed E-state index contributed by atoms with van der Waals surface area (Å²) in [4.78, 5) is 4.95. The second-order valence-corrected chi connectivity index (χ2v) is 6.61. The zero-order valence-corrected chi connectivity index (χ0v) is 14.2. The van der Waals surface area contributed by atoms with Crippen LogP contribution in [0.4, 0.5) is 0 Å². The van der Waals surface area contributed by atoms with E-state index < -0.39 is 0 Å². The normalized spacial score (nSPS) is 11.6. The molecule has 2 heterocycles. The number of aromatic nitrogens is 2. The smallest absolute Gasteiger partial charge is 0.143 e. The van der Waals surface area contributed by atoms with Crippen molar-refractivity contribution in [1.29, 1.82) is 0 Å². The van der Waals surface area contributed by atoms with E-state index in [9.17, 15) is 0 Å². The third kappa shape index (κ3) is 2.22. The Balaban J connectivity index is 1.91. The molecule has 0 spiro atoms. The van der Waals surface area contributed by atoms with Crippen LogP contribution in [0.2, 0.25) is 5.02 Å². The number of fused-ring (bicyclic) bond motifs is 4. The topological polar surface area (TPSA) is 17.8 Å². The average molecular weight is 343 g/mol. The lowest BCUT2D eigenvalue weighted by Gasteiger charge is -2.08. The van der Waals surface area contributed by atoms with Gasteiger partial charge in [0, 0.05) is 22.7 Å². The highest BCUT2D eigenvalue weighted by Crippen LogP contribution is 2.37. The van der Waals surface area contributed by atoms with Gasteiger partial charge in [-0.15, -0.1) is 0 Å². The second-order valence-electron chi connectivity index (χ2n) is 6.23. The summed E-state index contributed by atoms with van der Waals surface area (Å²) in [5, 5.41) is 3.96. The molecule has 25 heavy (non-hydrogen) atoms. The molecule has 0 aliphatic rings. The van der Waals surface area contributed by atoms with E-state index in [0.29, 0.717) is 0 Å². The summed E-state index contributed by atoms with van der Waals surface area (Å²) in [6.07, 6.45) is 0. The van der Waals surface area contributed by atoms with Crippen molar-refractivity contribution in [2.75, 3.05) is 0 Å². The van der Waals surface area contributed by atoms with Gasteiger partial charge in [-0.1, -0.05) is 78.3 Å². The van der Waals surface area contributed by atoms with Crippen molar-refractivity contribution < 1.29 is 0 Å². The lowest BCUT2D eigenvalue weighted by atomic mass is 10.1. The first-order valence-electron chi connectivity index (χ1n) is 8.32. The molecule has 0 radical (unpaired) electrons. The number of halogens is 1. The van der Waals surface area contributed by atoms with E-state index in [1.165, 1.54) is 5.56 Å². The van der Waals surface area contributed by atoms with Crippen molar-refractivity contribution in [2.24, 2.45) is 0 Å². The molecule has 0 bridgehead atoms. The third-order valence-electron chi connectivity index (χ3n) is 4.71. The largest absolute Gasteiger partial charge is 0.321 e. The minimum Gasteiger partial charge on any atom is -0.321 e. The number of hydrogen-bond acceptors (Lipinski definition) is 1. The van der Waals surface area contributed by atoms with Gasteiger partial charge in [-0.3, -0.25) is 0 Å². The fourth-order valence-electron chi connectivity index (χ4n) is 3.55. The molecule has 0 unspecified atom stereocenters. The molecule has 120 valence electrons. The van der Waals surface area contributed by atoms with Crippen LogP contribution < -0.4 is 0 Å². The van der Waals surface area contributed by atoms with Crippen molar-refractivity contribution in [2.45, 2.75) is 6.54 Å². The minimum atomic E-state index is 0.770. The van der Waals surface area contributed by atoms with Crippen molar-refractivity contribution in [3.05, 3.63) is 89.4 Å². The van der Waals surface area contributed by atoms with Crippen molar-refractivity contribution in [3.8, 4) is 0 Å². The van der Waals surface area contributed by atoms with Gasteiger partial charge >= 0.3 is 0 Å². The predicted molar refractivity (Wildman–Crippen MR) is 105 cm³/mol. The van der Waals surface area contributed by atoms with Crippen LogP contribution in [0.1, 0.15) is 5.56 Å². The number of para-hydroxylation sites is 2. The molecule has 0 fully saturated rings. The Bertz CT molecular complexity index is 1220. The highest BCUT2D eigenvalue weighted by Gasteiger charge is 2.17. The van der Waals surface area contributed by atoms with E-state index >= 15 is 0 Å².